The van der Waals surface area contributed by atoms with Gasteiger partial charge in [-0.3, -0.25) is 10.6 Å². The number of hydroxylamine groups is 2. The standard InChI is InChI=1S/C11H13N5O2/c1-7-3-2-4-8(5-7)6-16(17)11(13)9-10(12)15-18-14-9/h2-5,13,17H,6H2,1H3,(H2,12,15). The third-order valence-electron chi connectivity index (χ3n) is 2.41. The highest BCUT2D eigenvalue weighted by atomic mass is 16.6. The summed E-state index contributed by atoms with van der Waals surface area (Å²) in [5.74, 6) is -0.279. The first-order chi connectivity index (χ1) is 8.58. The van der Waals surface area contributed by atoms with Crippen molar-refractivity contribution in [3.05, 3.63) is 41.1 Å². The Labute approximate surface area is 103 Å². The number of benzene rings is 1. The molecule has 2 aromatic rings. The lowest BCUT2D eigenvalue weighted by Gasteiger charge is -2.16. The van der Waals surface area contributed by atoms with Crippen LogP contribution in [0.25, 0.3) is 0 Å². The minimum Gasteiger partial charge on any atom is -0.379 e. The van der Waals surface area contributed by atoms with Crippen LogP contribution in [-0.2, 0) is 6.54 Å². The molecule has 94 valence electrons. The van der Waals surface area contributed by atoms with E-state index in [1.54, 1.807) is 0 Å². The normalized spacial score (nSPS) is 10.3. The SMILES string of the molecule is Cc1cccc(CN(O)C(=N)c2nonc2N)c1. The van der Waals surface area contributed by atoms with Crippen LogP contribution in [0.2, 0.25) is 0 Å². The van der Waals surface area contributed by atoms with Crippen LogP contribution in [-0.4, -0.2) is 26.4 Å². The van der Waals surface area contributed by atoms with Gasteiger partial charge in [-0.2, -0.15) is 0 Å². The summed E-state index contributed by atoms with van der Waals surface area (Å²) >= 11 is 0. The van der Waals surface area contributed by atoms with Gasteiger partial charge in [0.05, 0.1) is 6.54 Å². The van der Waals surface area contributed by atoms with Gasteiger partial charge in [0.15, 0.2) is 17.3 Å². The Hall–Kier alpha value is -2.41. The predicted octanol–water partition coefficient (Wildman–Crippen LogP) is 1.18. The molecule has 0 aliphatic carbocycles. The molecule has 0 bridgehead atoms. The maximum absolute atomic E-state index is 9.80. The zero-order valence-electron chi connectivity index (χ0n) is 9.79. The van der Waals surface area contributed by atoms with E-state index >= 15 is 0 Å². The van der Waals surface area contributed by atoms with Gasteiger partial charge >= 0.3 is 0 Å². The number of nitrogens with zero attached hydrogens (tertiary/aromatic N) is 3. The molecule has 1 aromatic heterocycles. The highest BCUT2D eigenvalue weighted by Gasteiger charge is 2.17. The van der Waals surface area contributed by atoms with Crippen LogP contribution < -0.4 is 5.73 Å². The molecule has 0 unspecified atom stereocenters. The zero-order chi connectivity index (χ0) is 13.1. The van der Waals surface area contributed by atoms with Crippen LogP contribution in [0.15, 0.2) is 28.9 Å². The lowest BCUT2D eigenvalue weighted by molar-refractivity contribution is -0.0233. The fraction of sp³-hybridized carbons (Fsp3) is 0.182. The maximum Gasteiger partial charge on any atom is 0.199 e. The number of amidine groups is 1. The van der Waals surface area contributed by atoms with Gasteiger partial charge in [0.2, 0.25) is 0 Å². The lowest BCUT2D eigenvalue weighted by Crippen LogP contribution is -2.28. The van der Waals surface area contributed by atoms with Crippen molar-refractivity contribution in [3.8, 4) is 0 Å². The average molecular weight is 247 g/mol. The molecule has 4 N–H and O–H groups in total. The number of nitrogen functional groups attached to an aromatic ring is 1. The Kier molecular flexibility index (Phi) is 3.24. The van der Waals surface area contributed by atoms with E-state index in [0.29, 0.717) is 0 Å². The molecule has 0 saturated heterocycles. The van der Waals surface area contributed by atoms with Crippen LogP contribution in [0.3, 0.4) is 0 Å². The quantitative estimate of drug-likeness (QED) is 0.426. The third-order valence-corrected chi connectivity index (χ3v) is 2.41. The number of anilines is 1. The van der Waals surface area contributed by atoms with Gasteiger partial charge in [-0.05, 0) is 22.8 Å². The summed E-state index contributed by atoms with van der Waals surface area (Å²) in [6.45, 7) is 2.11. The first kappa shape index (κ1) is 12.1. The molecule has 0 aliphatic rings. The molecule has 7 heteroatoms. The highest BCUT2D eigenvalue weighted by molar-refractivity contribution is 5.97. The molecule has 0 aliphatic heterocycles. The number of hydrogen-bond donors (Lipinski definition) is 3. The van der Waals surface area contributed by atoms with E-state index in [1.807, 2.05) is 31.2 Å². The fourth-order valence-electron chi connectivity index (χ4n) is 1.54. The summed E-state index contributed by atoms with van der Waals surface area (Å²) in [6, 6.07) is 7.61. The zero-order valence-corrected chi connectivity index (χ0v) is 9.79. The molecule has 1 heterocycles. The Morgan fingerprint density at radius 2 is 2.28 bits per heavy atom. The van der Waals surface area contributed by atoms with Crippen molar-refractivity contribution in [3.63, 3.8) is 0 Å². The number of rotatable bonds is 3. The van der Waals surface area contributed by atoms with Gasteiger partial charge < -0.3 is 5.73 Å². The molecule has 2 rings (SSSR count). The summed E-state index contributed by atoms with van der Waals surface area (Å²) in [4.78, 5) is 0. The van der Waals surface area contributed by atoms with Gasteiger partial charge in [-0.15, -0.1) is 0 Å². The highest BCUT2D eigenvalue weighted by Crippen LogP contribution is 2.11. The van der Waals surface area contributed by atoms with E-state index in [0.717, 1.165) is 16.2 Å². The molecule has 0 saturated carbocycles. The number of hydrogen-bond acceptors (Lipinski definition) is 6. The molecular formula is C11H13N5O2. The molecule has 0 radical (unpaired) electrons. The van der Waals surface area contributed by atoms with Gasteiger partial charge in [-0.25, -0.2) is 9.69 Å². The molecule has 0 fully saturated rings. The minimum absolute atomic E-state index is 0.0187. The Morgan fingerprint density at radius 1 is 1.50 bits per heavy atom. The topological polar surface area (TPSA) is 112 Å². The molecule has 0 spiro atoms. The van der Waals surface area contributed by atoms with Crippen molar-refractivity contribution in [1.82, 2.24) is 15.4 Å². The van der Waals surface area contributed by atoms with E-state index in [9.17, 15) is 5.21 Å². The molecule has 0 atom stereocenters. The number of aryl methyl sites for hydroxylation is 1. The van der Waals surface area contributed by atoms with Crippen LogP contribution in [0.1, 0.15) is 16.8 Å². The van der Waals surface area contributed by atoms with Gasteiger partial charge in [-0.1, -0.05) is 29.8 Å². The van der Waals surface area contributed by atoms with Crippen molar-refractivity contribution in [2.45, 2.75) is 13.5 Å². The summed E-state index contributed by atoms with van der Waals surface area (Å²) in [5.41, 5.74) is 7.42. The average Bonchev–Trinajstić information content (AvgIpc) is 2.74. The first-order valence-corrected chi connectivity index (χ1v) is 5.27. The van der Waals surface area contributed by atoms with E-state index in [1.165, 1.54) is 0 Å². The van der Waals surface area contributed by atoms with Crippen molar-refractivity contribution in [1.29, 1.82) is 5.41 Å². The van der Waals surface area contributed by atoms with Gasteiger partial charge in [0.1, 0.15) is 0 Å². The molecular weight excluding hydrogens is 234 g/mol. The van der Waals surface area contributed by atoms with Gasteiger partial charge in [0, 0.05) is 0 Å². The molecule has 18 heavy (non-hydrogen) atoms. The Balaban J connectivity index is 2.11. The van der Waals surface area contributed by atoms with Crippen molar-refractivity contribution >= 4 is 11.7 Å². The fourth-order valence-corrected chi connectivity index (χ4v) is 1.54. The van der Waals surface area contributed by atoms with Crippen molar-refractivity contribution in [2.75, 3.05) is 5.73 Å². The van der Waals surface area contributed by atoms with Crippen LogP contribution >= 0.6 is 0 Å². The maximum atomic E-state index is 9.80. The minimum atomic E-state index is -0.254. The van der Waals surface area contributed by atoms with Crippen LogP contribution in [0.5, 0.6) is 0 Å². The number of nitrogens with one attached hydrogen (secondary N) is 1. The smallest absolute Gasteiger partial charge is 0.199 e. The molecule has 1 aromatic carbocycles. The van der Waals surface area contributed by atoms with Crippen LogP contribution in [0.4, 0.5) is 5.82 Å². The van der Waals surface area contributed by atoms with E-state index in [4.69, 9.17) is 11.1 Å². The second kappa shape index (κ2) is 4.84. The van der Waals surface area contributed by atoms with Crippen molar-refractivity contribution in [2.24, 2.45) is 0 Å². The van der Waals surface area contributed by atoms with E-state index < -0.39 is 0 Å². The summed E-state index contributed by atoms with van der Waals surface area (Å²) in [6.07, 6.45) is 0. The Bertz CT molecular complexity index is 566. The van der Waals surface area contributed by atoms with E-state index in [-0.39, 0.29) is 23.9 Å². The van der Waals surface area contributed by atoms with Gasteiger partial charge in [0.25, 0.3) is 0 Å². The summed E-state index contributed by atoms with van der Waals surface area (Å²) < 4.78 is 4.38. The summed E-state index contributed by atoms with van der Waals surface area (Å²) in [7, 11) is 0. The second-order valence-corrected chi connectivity index (χ2v) is 3.89. The monoisotopic (exact) mass is 247 g/mol. The number of nitrogens with two attached hydrogens (primary N) is 1. The lowest BCUT2D eigenvalue weighted by atomic mass is 10.1. The second-order valence-electron chi connectivity index (χ2n) is 3.89. The summed E-state index contributed by atoms with van der Waals surface area (Å²) in [5, 5.41) is 25.1. The third kappa shape index (κ3) is 2.46. The molecule has 7 nitrogen and oxygen atoms in total. The predicted molar refractivity (Wildman–Crippen MR) is 64.0 cm³/mol. The number of aromatic nitrogens is 2. The largest absolute Gasteiger partial charge is 0.379 e. The van der Waals surface area contributed by atoms with E-state index in [2.05, 4.69) is 14.9 Å². The van der Waals surface area contributed by atoms with Crippen LogP contribution in [0, 0.1) is 12.3 Å². The first-order valence-electron chi connectivity index (χ1n) is 5.27. The van der Waals surface area contributed by atoms with Crippen molar-refractivity contribution < 1.29 is 9.84 Å². The Morgan fingerprint density at radius 3 is 2.89 bits per heavy atom. The molecule has 0 amide bonds.